The fourth-order valence-electron chi connectivity index (χ4n) is 2.09. The third-order valence-corrected chi connectivity index (χ3v) is 3.19. The van der Waals surface area contributed by atoms with Crippen LogP contribution in [-0.2, 0) is 11.2 Å². The van der Waals surface area contributed by atoms with Gasteiger partial charge in [-0.1, -0.05) is 6.92 Å². The predicted molar refractivity (Wildman–Crippen MR) is 81.6 cm³/mol. The summed E-state index contributed by atoms with van der Waals surface area (Å²) < 4.78 is 10.2. The molecule has 4 nitrogen and oxygen atoms in total. The van der Waals surface area contributed by atoms with E-state index < -0.39 is 0 Å². The van der Waals surface area contributed by atoms with Gasteiger partial charge >= 0.3 is 5.97 Å². The molecule has 0 saturated carbocycles. The Kier molecular flexibility index (Phi) is 4.93. The van der Waals surface area contributed by atoms with Gasteiger partial charge in [0.25, 0.3) is 0 Å². The standard InChI is InChI=1S/C17H19NO3/c1-4-15-14(17(19)21-5-2)10-11-16(18-15)12-6-8-13(20-3)9-7-12/h6-11H,4-5H2,1-3H3. The van der Waals surface area contributed by atoms with E-state index in [1.807, 2.05) is 37.3 Å². The number of carbonyl (C=O) groups excluding carboxylic acids is 1. The molecule has 0 aliphatic carbocycles. The van der Waals surface area contributed by atoms with Gasteiger partial charge in [0.1, 0.15) is 5.75 Å². The maximum Gasteiger partial charge on any atom is 0.339 e. The summed E-state index contributed by atoms with van der Waals surface area (Å²) in [5.41, 5.74) is 3.11. The van der Waals surface area contributed by atoms with Crippen LogP contribution < -0.4 is 4.74 Å². The molecule has 0 bridgehead atoms. The van der Waals surface area contributed by atoms with Gasteiger partial charge in [-0.15, -0.1) is 0 Å². The van der Waals surface area contributed by atoms with E-state index in [1.165, 1.54) is 0 Å². The van der Waals surface area contributed by atoms with Crippen LogP contribution in [0.3, 0.4) is 0 Å². The smallest absolute Gasteiger partial charge is 0.339 e. The van der Waals surface area contributed by atoms with Crippen molar-refractivity contribution in [2.45, 2.75) is 20.3 Å². The number of methoxy groups -OCH3 is 1. The highest BCUT2D eigenvalue weighted by atomic mass is 16.5. The Bertz CT molecular complexity index is 620. The van der Waals surface area contributed by atoms with Crippen LogP contribution in [0.2, 0.25) is 0 Å². The van der Waals surface area contributed by atoms with Crippen molar-refractivity contribution in [3.8, 4) is 17.0 Å². The van der Waals surface area contributed by atoms with E-state index in [-0.39, 0.29) is 5.97 Å². The molecule has 1 aromatic heterocycles. The third kappa shape index (κ3) is 3.40. The maximum atomic E-state index is 11.9. The van der Waals surface area contributed by atoms with Gasteiger partial charge in [-0.05, 0) is 49.7 Å². The Hall–Kier alpha value is -2.36. The van der Waals surface area contributed by atoms with Crippen molar-refractivity contribution in [3.63, 3.8) is 0 Å². The van der Waals surface area contributed by atoms with Crippen LogP contribution in [0.1, 0.15) is 29.9 Å². The molecule has 0 atom stereocenters. The molecule has 0 spiro atoms. The molecule has 4 heteroatoms. The second-order valence-electron chi connectivity index (χ2n) is 4.49. The van der Waals surface area contributed by atoms with Gasteiger partial charge in [0.2, 0.25) is 0 Å². The summed E-state index contributed by atoms with van der Waals surface area (Å²) in [7, 11) is 1.64. The minimum absolute atomic E-state index is 0.317. The predicted octanol–water partition coefficient (Wildman–Crippen LogP) is 3.50. The van der Waals surface area contributed by atoms with Crippen molar-refractivity contribution in [3.05, 3.63) is 47.7 Å². The van der Waals surface area contributed by atoms with Gasteiger partial charge in [0, 0.05) is 5.56 Å². The third-order valence-electron chi connectivity index (χ3n) is 3.19. The van der Waals surface area contributed by atoms with E-state index in [0.29, 0.717) is 18.6 Å². The number of pyridine rings is 1. The lowest BCUT2D eigenvalue weighted by Gasteiger charge is -2.09. The molecule has 2 aromatic rings. The molecule has 1 aromatic carbocycles. The van der Waals surface area contributed by atoms with Gasteiger partial charge in [-0.25, -0.2) is 4.79 Å². The number of ether oxygens (including phenoxy) is 2. The first kappa shape index (κ1) is 15.0. The van der Waals surface area contributed by atoms with Crippen LogP contribution in [0.25, 0.3) is 11.3 Å². The summed E-state index contributed by atoms with van der Waals surface area (Å²) in [5, 5.41) is 0. The van der Waals surface area contributed by atoms with Crippen LogP contribution in [-0.4, -0.2) is 24.7 Å². The number of carbonyl (C=O) groups is 1. The molecule has 0 unspecified atom stereocenters. The molecule has 0 amide bonds. The zero-order chi connectivity index (χ0) is 15.2. The lowest BCUT2D eigenvalue weighted by molar-refractivity contribution is 0.0524. The molecule has 0 aliphatic heterocycles. The zero-order valence-electron chi connectivity index (χ0n) is 12.6. The van der Waals surface area contributed by atoms with Gasteiger partial charge < -0.3 is 9.47 Å². The zero-order valence-corrected chi connectivity index (χ0v) is 12.6. The van der Waals surface area contributed by atoms with Crippen LogP contribution in [0.5, 0.6) is 5.75 Å². The van der Waals surface area contributed by atoms with Crippen molar-refractivity contribution in [1.82, 2.24) is 4.98 Å². The van der Waals surface area contributed by atoms with Crippen molar-refractivity contribution < 1.29 is 14.3 Å². The SMILES string of the molecule is CCOC(=O)c1ccc(-c2ccc(OC)cc2)nc1CC. The molecular formula is C17H19NO3. The number of aryl methyl sites for hydroxylation is 1. The summed E-state index contributed by atoms with van der Waals surface area (Å²) in [6.45, 7) is 4.13. The molecule has 0 saturated heterocycles. The average molecular weight is 285 g/mol. The second kappa shape index (κ2) is 6.88. The van der Waals surface area contributed by atoms with E-state index in [2.05, 4.69) is 4.98 Å². The summed E-state index contributed by atoms with van der Waals surface area (Å²) in [6.07, 6.45) is 0.679. The van der Waals surface area contributed by atoms with E-state index in [4.69, 9.17) is 9.47 Å². The monoisotopic (exact) mass is 285 g/mol. The highest BCUT2D eigenvalue weighted by Gasteiger charge is 2.14. The Morgan fingerprint density at radius 1 is 1.10 bits per heavy atom. The second-order valence-corrected chi connectivity index (χ2v) is 4.49. The first-order valence-electron chi connectivity index (χ1n) is 7.01. The molecule has 0 radical (unpaired) electrons. The van der Waals surface area contributed by atoms with E-state index in [1.54, 1.807) is 20.1 Å². The summed E-state index contributed by atoms with van der Waals surface area (Å²) >= 11 is 0. The van der Waals surface area contributed by atoms with E-state index in [0.717, 1.165) is 22.7 Å². The van der Waals surface area contributed by atoms with Crippen molar-refractivity contribution >= 4 is 5.97 Å². The van der Waals surface area contributed by atoms with E-state index >= 15 is 0 Å². The fourth-order valence-corrected chi connectivity index (χ4v) is 2.09. The fraction of sp³-hybridized carbons (Fsp3) is 0.294. The lowest BCUT2D eigenvalue weighted by Crippen LogP contribution is -2.09. The molecule has 110 valence electrons. The van der Waals surface area contributed by atoms with Crippen LogP contribution in [0.4, 0.5) is 0 Å². The van der Waals surface area contributed by atoms with E-state index in [9.17, 15) is 4.79 Å². The average Bonchev–Trinajstić information content (AvgIpc) is 2.54. The highest BCUT2D eigenvalue weighted by molar-refractivity contribution is 5.91. The minimum Gasteiger partial charge on any atom is -0.497 e. The number of hydrogen-bond acceptors (Lipinski definition) is 4. The Morgan fingerprint density at radius 2 is 1.81 bits per heavy atom. The Balaban J connectivity index is 2.35. The highest BCUT2D eigenvalue weighted by Crippen LogP contribution is 2.22. The quantitative estimate of drug-likeness (QED) is 0.789. The largest absolute Gasteiger partial charge is 0.497 e. The van der Waals surface area contributed by atoms with Crippen LogP contribution in [0.15, 0.2) is 36.4 Å². The van der Waals surface area contributed by atoms with Gasteiger partial charge in [0.15, 0.2) is 0 Å². The van der Waals surface area contributed by atoms with Gasteiger partial charge in [-0.3, -0.25) is 4.98 Å². The van der Waals surface area contributed by atoms with Crippen molar-refractivity contribution in [2.75, 3.05) is 13.7 Å². The van der Waals surface area contributed by atoms with Crippen molar-refractivity contribution in [2.24, 2.45) is 0 Å². The number of nitrogens with zero attached hydrogens (tertiary/aromatic N) is 1. The topological polar surface area (TPSA) is 48.4 Å². The molecular weight excluding hydrogens is 266 g/mol. The maximum absolute atomic E-state index is 11.9. The number of hydrogen-bond donors (Lipinski definition) is 0. The number of aromatic nitrogens is 1. The summed E-state index contributed by atoms with van der Waals surface area (Å²) in [5.74, 6) is 0.487. The molecule has 0 N–H and O–H groups in total. The molecule has 2 rings (SSSR count). The van der Waals surface area contributed by atoms with Crippen LogP contribution >= 0.6 is 0 Å². The van der Waals surface area contributed by atoms with Gasteiger partial charge in [0.05, 0.1) is 30.7 Å². The summed E-state index contributed by atoms with van der Waals surface area (Å²) in [4.78, 5) is 16.5. The lowest BCUT2D eigenvalue weighted by atomic mass is 10.1. The number of rotatable bonds is 5. The van der Waals surface area contributed by atoms with Crippen LogP contribution in [0, 0.1) is 0 Å². The first-order chi connectivity index (χ1) is 10.2. The molecule has 21 heavy (non-hydrogen) atoms. The first-order valence-corrected chi connectivity index (χ1v) is 7.01. The Morgan fingerprint density at radius 3 is 2.38 bits per heavy atom. The van der Waals surface area contributed by atoms with Gasteiger partial charge in [-0.2, -0.15) is 0 Å². The number of esters is 1. The van der Waals surface area contributed by atoms with Crippen molar-refractivity contribution in [1.29, 1.82) is 0 Å². The normalized spacial score (nSPS) is 10.2. The number of benzene rings is 1. The Labute approximate surface area is 124 Å². The minimum atomic E-state index is -0.317. The molecule has 1 heterocycles. The molecule has 0 fully saturated rings. The molecule has 0 aliphatic rings. The summed E-state index contributed by atoms with van der Waals surface area (Å²) in [6, 6.07) is 11.3.